The maximum absolute atomic E-state index is 12.6. The number of nitriles is 1. The average Bonchev–Trinajstić information content (AvgIpc) is 3.26. The predicted molar refractivity (Wildman–Crippen MR) is 98.3 cm³/mol. The number of aliphatic hydroxyl groups is 1. The number of nitrogens with zero attached hydrogens (tertiary/aromatic N) is 3. The Kier molecular flexibility index (Phi) is 4.74. The molecule has 2 amide bonds. The van der Waals surface area contributed by atoms with Gasteiger partial charge in [0.05, 0.1) is 24.9 Å². The van der Waals surface area contributed by atoms with Crippen LogP contribution in [-0.2, 0) is 4.74 Å². The van der Waals surface area contributed by atoms with Gasteiger partial charge in [-0.05, 0) is 25.0 Å². The van der Waals surface area contributed by atoms with Crippen molar-refractivity contribution in [2.24, 2.45) is 0 Å². The first-order chi connectivity index (χ1) is 13.1. The molecule has 3 aliphatic heterocycles. The normalized spacial score (nSPS) is 28.0. The molecule has 2 atom stereocenters. The maximum atomic E-state index is 12.6. The first kappa shape index (κ1) is 17.8. The molecule has 0 aliphatic carbocycles. The topological polar surface area (TPSA) is 101 Å². The van der Waals surface area contributed by atoms with E-state index in [1.807, 2.05) is 28.0 Å². The van der Waals surface area contributed by atoms with Crippen LogP contribution in [0.25, 0.3) is 0 Å². The van der Waals surface area contributed by atoms with E-state index in [0.29, 0.717) is 44.1 Å². The number of carbonyl (C=O) groups is 1. The van der Waals surface area contributed by atoms with Crippen molar-refractivity contribution in [3.8, 4) is 6.07 Å². The van der Waals surface area contributed by atoms with Gasteiger partial charge in [-0.15, -0.1) is 0 Å². The van der Waals surface area contributed by atoms with E-state index in [9.17, 15) is 15.2 Å². The fourth-order valence-electron chi connectivity index (χ4n) is 4.20. The SMILES string of the molecule is N#CC1=C2CCCN2C(O)(N2CCOCC2)C1NC(=O)Nc1ccccc1. The fourth-order valence-corrected chi connectivity index (χ4v) is 4.20. The Morgan fingerprint density at radius 3 is 2.70 bits per heavy atom. The van der Waals surface area contributed by atoms with Crippen LogP contribution in [0.15, 0.2) is 41.6 Å². The third-order valence-corrected chi connectivity index (χ3v) is 5.41. The molecule has 3 heterocycles. The number of para-hydroxylation sites is 1. The van der Waals surface area contributed by atoms with Gasteiger partial charge in [-0.3, -0.25) is 4.90 Å². The summed E-state index contributed by atoms with van der Waals surface area (Å²) in [5.41, 5.74) is 1.91. The van der Waals surface area contributed by atoms with Crippen LogP contribution in [-0.4, -0.2) is 65.7 Å². The van der Waals surface area contributed by atoms with Crippen LogP contribution in [0.2, 0.25) is 0 Å². The number of carbonyl (C=O) groups excluding carboxylic acids is 1. The largest absolute Gasteiger partial charge is 0.379 e. The van der Waals surface area contributed by atoms with Crippen LogP contribution in [0.5, 0.6) is 0 Å². The minimum absolute atomic E-state index is 0.435. The predicted octanol–water partition coefficient (Wildman–Crippen LogP) is 1.04. The summed E-state index contributed by atoms with van der Waals surface area (Å²) in [5, 5.41) is 27.1. The van der Waals surface area contributed by atoms with Crippen molar-refractivity contribution < 1.29 is 14.6 Å². The van der Waals surface area contributed by atoms with Crippen molar-refractivity contribution >= 4 is 11.7 Å². The Hall–Kier alpha value is -2.60. The lowest BCUT2D eigenvalue weighted by molar-refractivity contribution is -0.217. The highest BCUT2D eigenvalue weighted by molar-refractivity contribution is 5.90. The van der Waals surface area contributed by atoms with E-state index in [-0.39, 0.29) is 0 Å². The molecule has 1 aromatic rings. The summed E-state index contributed by atoms with van der Waals surface area (Å²) in [4.78, 5) is 16.4. The number of hydrogen-bond acceptors (Lipinski definition) is 6. The van der Waals surface area contributed by atoms with E-state index in [2.05, 4.69) is 16.7 Å². The van der Waals surface area contributed by atoms with Crippen LogP contribution in [0.3, 0.4) is 0 Å². The number of allylic oxidation sites excluding steroid dienone is 1. The molecule has 4 rings (SSSR count). The van der Waals surface area contributed by atoms with Crippen LogP contribution < -0.4 is 10.6 Å². The molecule has 3 aliphatic rings. The number of amides is 2. The molecule has 8 nitrogen and oxygen atoms in total. The Morgan fingerprint density at radius 1 is 1.26 bits per heavy atom. The second kappa shape index (κ2) is 7.19. The van der Waals surface area contributed by atoms with Gasteiger partial charge in [0.25, 0.3) is 0 Å². The summed E-state index contributed by atoms with van der Waals surface area (Å²) < 4.78 is 5.41. The van der Waals surface area contributed by atoms with Gasteiger partial charge < -0.3 is 25.4 Å². The zero-order valence-corrected chi connectivity index (χ0v) is 15.0. The third-order valence-electron chi connectivity index (χ3n) is 5.41. The van der Waals surface area contributed by atoms with Gasteiger partial charge in [0.1, 0.15) is 6.04 Å². The molecule has 0 spiro atoms. The van der Waals surface area contributed by atoms with E-state index in [1.165, 1.54) is 0 Å². The minimum Gasteiger partial charge on any atom is -0.379 e. The van der Waals surface area contributed by atoms with E-state index in [1.54, 1.807) is 12.1 Å². The number of benzene rings is 1. The molecule has 0 radical (unpaired) electrons. The van der Waals surface area contributed by atoms with Gasteiger partial charge >= 0.3 is 6.03 Å². The number of fused-ring (bicyclic) bond motifs is 1. The Labute approximate surface area is 158 Å². The van der Waals surface area contributed by atoms with Crippen molar-refractivity contribution in [2.75, 3.05) is 38.2 Å². The van der Waals surface area contributed by atoms with Crippen LogP contribution in [0, 0.1) is 11.3 Å². The molecule has 142 valence electrons. The second-order valence-electron chi connectivity index (χ2n) is 6.91. The second-order valence-corrected chi connectivity index (χ2v) is 6.91. The van der Waals surface area contributed by atoms with Crippen molar-refractivity contribution in [1.82, 2.24) is 15.1 Å². The molecule has 27 heavy (non-hydrogen) atoms. The molecular formula is C19H23N5O3. The number of morpholine rings is 1. The van der Waals surface area contributed by atoms with Crippen molar-refractivity contribution in [2.45, 2.75) is 24.7 Å². The highest BCUT2D eigenvalue weighted by Gasteiger charge is 2.57. The average molecular weight is 369 g/mol. The minimum atomic E-state index is -1.45. The summed E-state index contributed by atoms with van der Waals surface area (Å²) in [5.74, 6) is -1.45. The van der Waals surface area contributed by atoms with Crippen molar-refractivity contribution in [3.05, 3.63) is 41.6 Å². The molecule has 0 saturated carbocycles. The first-order valence-electron chi connectivity index (χ1n) is 9.23. The number of hydrogen-bond donors (Lipinski definition) is 3. The van der Waals surface area contributed by atoms with Crippen molar-refractivity contribution in [3.63, 3.8) is 0 Å². The lowest BCUT2D eigenvalue weighted by Gasteiger charge is -2.47. The summed E-state index contributed by atoms with van der Waals surface area (Å²) in [6, 6.07) is 10.0. The standard InChI is InChI=1S/C19H23N5O3/c20-13-15-16-7-4-8-24(16)19(26,23-9-11-27-12-10-23)17(15)22-18(25)21-14-5-2-1-3-6-14/h1-3,5-6,17,26H,4,7-12H2,(H2,21,22,25). The maximum Gasteiger partial charge on any atom is 0.319 e. The van der Waals surface area contributed by atoms with Gasteiger partial charge in [-0.1, -0.05) is 18.2 Å². The summed E-state index contributed by atoms with van der Waals surface area (Å²) in [6.07, 6.45) is 1.62. The lowest BCUT2D eigenvalue weighted by atomic mass is 10.0. The molecule has 1 aromatic carbocycles. The molecular weight excluding hydrogens is 346 g/mol. The number of rotatable bonds is 3. The van der Waals surface area contributed by atoms with Gasteiger partial charge in [0.2, 0.25) is 5.85 Å². The monoisotopic (exact) mass is 369 g/mol. The number of urea groups is 1. The summed E-state index contributed by atoms with van der Waals surface area (Å²) in [7, 11) is 0. The smallest absolute Gasteiger partial charge is 0.319 e. The zero-order chi connectivity index (χ0) is 18.9. The number of anilines is 1. The van der Waals surface area contributed by atoms with Gasteiger partial charge in [-0.2, -0.15) is 5.26 Å². The first-order valence-corrected chi connectivity index (χ1v) is 9.23. The Balaban J connectivity index is 1.61. The van der Waals surface area contributed by atoms with Crippen LogP contribution in [0.4, 0.5) is 10.5 Å². The number of nitrogens with one attached hydrogen (secondary N) is 2. The summed E-state index contributed by atoms with van der Waals surface area (Å²) in [6.45, 7) is 2.76. The van der Waals surface area contributed by atoms with E-state index >= 15 is 0 Å². The van der Waals surface area contributed by atoms with E-state index in [0.717, 1.165) is 18.5 Å². The molecule has 2 unspecified atom stereocenters. The summed E-state index contributed by atoms with van der Waals surface area (Å²) >= 11 is 0. The molecule has 3 N–H and O–H groups in total. The van der Waals surface area contributed by atoms with E-state index in [4.69, 9.17) is 4.74 Å². The molecule has 2 saturated heterocycles. The Morgan fingerprint density at radius 2 is 2.00 bits per heavy atom. The quantitative estimate of drug-likeness (QED) is 0.736. The highest BCUT2D eigenvalue weighted by Crippen LogP contribution is 2.43. The molecule has 0 aromatic heterocycles. The fraction of sp³-hybridized carbons (Fsp3) is 0.474. The third kappa shape index (κ3) is 3.04. The van der Waals surface area contributed by atoms with Crippen LogP contribution >= 0.6 is 0 Å². The van der Waals surface area contributed by atoms with Gasteiger partial charge in [0, 0.05) is 31.0 Å². The lowest BCUT2D eigenvalue weighted by Crippen LogP contribution is -2.69. The van der Waals surface area contributed by atoms with Crippen LogP contribution in [0.1, 0.15) is 12.8 Å². The van der Waals surface area contributed by atoms with E-state index < -0.39 is 17.9 Å². The van der Waals surface area contributed by atoms with Crippen molar-refractivity contribution in [1.29, 1.82) is 5.26 Å². The number of ether oxygens (including phenoxy) is 1. The highest BCUT2D eigenvalue weighted by atomic mass is 16.5. The van der Waals surface area contributed by atoms with Gasteiger partial charge in [0.15, 0.2) is 0 Å². The molecule has 8 heteroatoms. The molecule has 0 bridgehead atoms. The Bertz CT molecular complexity index is 784. The molecule has 2 fully saturated rings. The van der Waals surface area contributed by atoms with Gasteiger partial charge in [-0.25, -0.2) is 4.79 Å². The zero-order valence-electron chi connectivity index (χ0n) is 15.0.